The minimum Gasteiger partial charge on any atom is -0.356 e. The Hall–Kier alpha value is -0.800. The van der Waals surface area contributed by atoms with Gasteiger partial charge in [0.25, 0.3) is 0 Å². The predicted octanol–water partition coefficient (Wildman–Crippen LogP) is 3.08. The summed E-state index contributed by atoms with van der Waals surface area (Å²) in [5, 5.41) is 4.06. The minimum absolute atomic E-state index is 0.389. The molecule has 0 fully saturated rings. The van der Waals surface area contributed by atoms with Gasteiger partial charge in [-0.25, -0.2) is 4.98 Å². The van der Waals surface area contributed by atoms with Gasteiger partial charge in [-0.3, -0.25) is 0 Å². The summed E-state index contributed by atoms with van der Waals surface area (Å²) in [4.78, 5) is 6.50. The number of hydrogen-bond donors (Lipinski definition) is 1. The summed E-state index contributed by atoms with van der Waals surface area (Å²) in [6, 6.07) is 2.84. The summed E-state index contributed by atoms with van der Waals surface area (Å²) >= 11 is 6.25. The van der Waals surface area contributed by atoms with Gasteiger partial charge in [-0.1, -0.05) is 25.4 Å². The third kappa shape index (κ3) is 4.17. The second kappa shape index (κ2) is 6.22. The molecule has 0 amide bonds. The lowest BCUT2D eigenvalue weighted by atomic mass is 10.2. The summed E-state index contributed by atoms with van der Waals surface area (Å²) in [7, 11) is 2.00. The van der Waals surface area contributed by atoms with Gasteiger partial charge in [0, 0.05) is 31.9 Å². The number of hydrogen-bond acceptors (Lipinski definition) is 3. The number of aromatic nitrogens is 1. The van der Waals surface area contributed by atoms with E-state index in [2.05, 4.69) is 42.9 Å². The highest BCUT2D eigenvalue weighted by atomic mass is 35.5. The first-order chi connectivity index (χ1) is 7.91. The van der Waals surface area contributed by atoms with Crippen molar-refractivity contribution in [3.05, 3.63) is 22.8 Å². The van der Waals surface area contributed by atoms with Crippen molar-refractivity contribution in [2.75, 3.05) is 11.9 Å². The Morgan fingerprint density at radius 2 is 2.00 bits per heavy atom. The van der Waals surface area contributed by atoms with Crippen LogP contribution in [-0.2, 0) is 6.54 Å². The number of pyridine rings is 1. The summed E-state index contributed by atoms with van der Waals surface area (Å²) in [5.41, 5.74) is 1.12. The molecule has 1 heterocycles. The average molecular weight is 256 g/mol. The van der Waals surface area contributed by atoms with Crippen molar-refractivity contribution in [2.45, 2.75) is 46.3 Å². The van der Waals surface area contributed by atoms with Crippen LogP contribution in [0.25, 0.3) is 0 Å². The molecule has 1 rings (SSSR count). The molecule has 1 N–H and O–H groups in total. The van der Waals surface area contributed by atoms with Crippen molar-refractivity contribution in [1.82, 2.24) is 10.3 Å². The van der Waals surface area contributed by atoms with Gasteiger partial charge in [0.1, 0.15) is 5.82 Å². The zero-order valence-electron chi connectivity index (χ0n) is 11.3. The molecular formula is C13H22ClN3. The number of anilines is 1. The van der Waals surface area contributed by atoms with Crippen molar-refractivity contribution in [3.8, 4) is 0 Å². The van der Waals surface area contributed by atoms with Crippen molar-refractivity contribution < 1.29 is 0 Å². The van der Waals surface area contributed by atoms with Crippen LogP contribution in [0.1, 0.15) is 33.3 Å². The van der Waals surface area contributed by atoms with Crippen LogP contribution in [-0.4, -0.2) is 24.1 Å². The second-order valence-corrected chi connectivity index (χ2v) is 5.30. The van der Waals surface area contributed by atoms with Crippen LogP contribution in [0.4, 0.5) is 5.82 Å². The van der Waals surface area contributed by atoms with E-state index < -0.39 is 0 Å². The van der Waals surface area contributed by atoms with Crippen molar-refractivity contribution in [1.29, 1.82) is 0 Å². The van der Waals surface area contributed by atoms with E-state index in [1.54, 1.807) is 0 Å². The van der Waals surface area contributed by atoms with E-state index in [4.69, 9.17) is 11.6 Å². The highest BCUT2D eigenvalue weighted by molar-refractivity contribution is 6.33. The molecule has 96 valence electrons. The van der Waals surface area contributed by atoms with E-state index in [1.165, 1.54) is 0 Å². The molecular weight excluding hydrogens is 234 g/mol. The predicted molar refractivity (Wildman–Crippen MR) is 74.8 cm³/mol. The Morgan fingerprint density at radius 1 is 1.35 bits per heavy atom. The standard InChI is InChI=1S/C13H22ClN3/c1-9(2)15-7-11-6-12(14)13(16-8-11)17(5)10(3)4/h6,8-10,15H,7H2,1-5H3. The van der Waals surface area contributed by atoms with Crippen molar-refractivity contribution in [3.63, 3.8) is 0 Å². The normalized spacial score (nSPS) is 11.3. The van der Waals surface area contributed by atoms with Crippen LogP contribution in [0, 0.1) is 0 Å². The van der Waals surface area contributed by atoms with Crippen LogP contribution in [0.2, 0.25) is 5.02 Å². The smallest absolute Gasteiger partial charge is 0.147 e. The molecule has 0 radical (unpaired) electrons. The lowest BCUT2D eigenvalue weighted by molar-refractivity contribution is 0.588. The molecule has 0 aliphatic rings. The molecule has 0 saturated carbocycles. The summed E-state index contributed by atoms with van der Waals surface area (Å²) in [5.74, 6) is 0.843. The molecule has 4 heteroatoms. The lowest BCUT2D eigenvalue weighted by Gasteiger charge is -2.23. The molecule has 1 aromatic rings. The lowest BCUT2D eigenvalue weighted by Crippen LogP contribution is -2.27. The number of halogens is 1. The molecule has 17 heavy (non-hydrogen) atoms. The third-order valence-electron chi connectivity index (χ3n) is 2.70. The van der Waals surface area contributed by atoms with Gasteiger partial charge in [0.05, 0.1) is 5.02 Å². The second-order valence-electron chi connectivity index (χ2n) is 4.89. The molecule has 0 aromatic carbocycles. The molecule has 0 bridgehead atoms. The van der Waals surface area contributed by atoms with Gasteiger partial charge in [0.2, 0.25) is 0 Å². The first-order valence-corrected chi connectivity index (χ1v) is 6.40. The van der Waals surface area contributed by atoms with Gasteiger partial charge in [-0.15, -0.1) is 0 Å². The van der Waals surface area contributed by atoms with E-state index in [1.807, 2.05) is 19.3 Å². The quantitative estimate of drug-likeness (QED) is 0.877. The summed E-state index contributed by atoms with van der Waals surface area (Å²) < 4.78 is 0. The summed E-state index contributed by atoms with van der Waals surface area (Å²) in [6.07, 6.45) is 1.88. The van der Waals surface area contributed by atoms with Crippen molar-refractivity contribution >= 4 is 17.4 Å². The number of nitrogens with one attached hydrogen (secondary N) is 1. The van der Waals surface area contributed by atoms with Crippen LogP contribution < -0.4 is 10.2 Å². The topological polar surface area (TPSA) is 28.2 Å². The first kappa shape index (κ1) is 14.3. The fourth-order valence-electron chi connectivity index (χ4n) is 1.39. The zero-order chi connectivity index (χ0) is 13.0. The molecule has 0 unspecified atom stereocenters. The highest BCUT2D eigenvalue weighted by Gasteiger charge is 2.11. The minimum atomic E-state index is 0.389. The van der Waals surface area contributed by atoms with Gasteiger partial charge in [-0.05, 0) is 25.5 Å². The van der Waals surface area contributed by atoms with Crippen LogP contribution in [0.3, 0.4) is 0 Å². The Labute approximate surface area is 109 Å². The van der Waals surface area contributed by atoms with E-state index >= 15 is 0 Å². The van der Waals surface area contributed by atoms with Gasteiger partial charge >= 0.3 is 0 Å². The maximum absolute atomic E-state index is 6.25. The largest absolute Gasteiger partial charge is 0.356 e. The van der Waals surface area contributed by atoms with Gasteiger partial charge in [-0.2, -0.15) is 0 Å². The Balaban J connectivity index is 2.79. The van der Waals surface area contributed by atoms with Crippen molar-refractivity contribution in [2.24, 2.45) is 0 Å². The SMILES string of the molecule is CC(C)NCc1cnc(N(C)C(C)C)c(Cl)c1. The fourth-order valence-corrected chi connectivity index (χ4v) is 1.72. The van der Waals surface area contributed by atoms with Crippen LogP contribution >= 0.6 is 11.6 Å². The average Bonchev–Trinajstić information content (AvgIpc) is 2.25. The molecule has 3 nitrogen and oxygen atoms in total. The molecule has 1 aromatic heterocycles. The van der Waals surface area contributed by atoms with E-state index in [9.17, 15) is 0 Å². The summed E-state index contributed by atoms with van der Waals surface area (Å²) in [6.45, 7) is 9.28. The van der Waals surface area contributed by atoms with Gasteiger partial charge < -0.3 is 10.2 Å². The Bertz CT molecular complexity index is 364. The Morgan fingerprint density at radius 3 is 2.47 bits per heavy atom. The number of rotatable bonds is 5. The molecule has 0 spiro atoms. The maximum Gasteiger partial charge on any atom is 0.147 e. The maximum atomic E-state index is 6.25. The highest BCUT2D eigenvalue weighted by Crippen LogP contribution is 2.24. The van der Waals surface area contributed by atoms with E-state index in [-0.39, 0.29) is 0 Å². The van der Waals surface area contributed by atoms with Crippen LogP contribution in [0.5, 0.6) is 0 Å². The molecule has 0 saturated heterocycles. The zero-order valence-corrected chi connectivity index (χ0v) is 12.0. The number of nitrogens with zero attached hydrogens (tertiary/aromatic N) is 2. The van der Waals surface area contributed by atoms with E-state index in [0.29, 0.717) is 17.1 Å². The first-order valence-electron chi connectivity index (χ1n) is 6.02. The Kier molecular flexibility index (Phi) is 5.22. The molecule has 0 aliphatic carbocycles. The molecule has 0 aliphatic heterocycles. The van der Waals surface area contributed by atoms with Gasteiger partial charge in [0.15, 0.2) is 0 Å². The van der Waals surface area contributed by atoms with E-state index in [0.717, 1.165) is 17.9 Å². The van der Waals surface area contributed by atoms with Crippen LogP contribution in [0.15, 0.2) is 12.3 Å². The molecule has 0 atom stereocenters. The third-order valence-corrected chi connectivity index (χ3v) is 2.98. The monoisotopic (exact) mass is 255 g/mol. The fraction of sp³-hybridized carbons (Fsp3) is 0.615.